The molecule has 0 aliphatic carbocycles. The highest BCUT2D eigenvalue weighted by Gasteiger charge is 2.17. The highest BCUT2D eigenvalue weighted by Crippen LogP contribution is 1.91. The van der Waals surface area contributed by atoms with E-state index in [1.165, 1.54) is 7.11 Å². The zero-order chi connectivity index (χ0) is 11.8. The fourth-order valence-corrected chi connectivity index (χ4v) is 0.846. The van der Waals surface area contributed by atoms with Crippen molar-refractivity contribution in [2.24, 2.45) is 0 Å². The molecule has 0 radical (unpaired) electrons. The Bertz CT molecular complexity index is 257. The van der Waals surface area contributed by atoms with E-state index < -0.39 is 17.9 Å². The molecule has 1 N–H and O–H groups in total. The number of methoxy groups -OCH3 is 1. The second-order valence-corrected chi connectivity index (χ2v) is 2.84. The number of imide groups is 1. The molecule has 7 heteroatoms. The number of urea groups is 1. The van der Waals surface area contributed by atoms with Crippen LogP contribution in [0.2, 0.25) is 0 Å². The van der Waals surface area contributed by atoms with Crippen LogP contribution in [0.25, 0.3) is 0 Å². The number of halogens is 1. The summed E-state index contributed by atoms with van der Waals surface area (Å²) in [7, 11) is 1.22. The summed E-state index contributed by atoms with van der Waals surface area (Å²) in [6.07, 6.45) is 0. The van der Waals surface area contributed by atoms with Crippen LogP contribution in [-0.4, -0.2) is 48.9 Å². The van der Waals surface area contributed by atoms with Crippen molar-refractivity contribution < 1.29 is 19.1 Å². The number of hydrogen-bond acceptors (Lipinski definition) is 4. The molecule has 6 nitrogen and oxygen atoms in total. The van der Waals surface area contributed by atoms with E-state index >= 15 is 0 Å². The van der Waals surface area contributed by atoms with Gasteiger partial charge in [-0.25, -0.2) is 4.79 Å². The zero-order valence-corrected chi connectivity index (χ0v) is 9.34. The number of hydrogen-bond donors (Lipinski definition) is 1. The summed E-state index contributed by atoms with van der Waals surface area (Å²) in [4.78, 5) is 34.1. The lowest BCUT2D eigenvalue weighted by Gasteiger charge is -2.18. The van der Waals surface area contributed by atoms with Gasteiger partial charge in [0, 0.05) is 6.54 Å². The monoisotopic (exact) mass is 236 g/mol. The molecular formula is C8H13ClN2O4. The van der Waals surface area contributed by atoms with Gasteiger partial charge in [0.05, 0.1) is 7.11 Å². The molecule has 0 fully saturated rings. The predicted molar refractivity (Wildman–Crippen MR) is 53.5 cm³/mol. The number of amides is 3. The Kier molecular flexibility index (Phi) is 6.44. The predicted octanol–water partition coefficient (Wildman–Crippen LogP) is -0.0437. The summed E-state index contributed by atoms with van der Waals surface area (Å²) in [5.74, 6) is -1.46. The minimum Gasteiger partial charge on any atom is -0.468 e. The third-order valence-corrected chi connectivity index (χ3v) is 1.83. The Balaban J connectivity index is 4.22. The van der Waals surface area contributed by atoms with E-state index in [1.807, 2.05) is 5.32 Å². The highest BCUT2D eigenvalue weighted by molar-refractivity contribution is 6.28. The quantitative estimate of drug-likeness (QED) is 0.549. The maximum atomic E-state index is 11.3. The lowest BCUT2D eigenvalue weighted by Crippen LogP contribution is -2.45. The maximum Gasteiger partial charge on any atom is 0.325 e. The third-order valence-electron chi connectivity index (χ3n) is 1.58. The first-order chi connectivity index (χ1) is 7.04. The average molecular weight is 237 g/mol. The number of rotatable bonds is 4. The Morgan fingerprint density at radius 3 is 2.40 bits per heavy atom. The van der Waals surface area contributed by atoms with Gasteiger partial charge in [-0.3, -0.25) is 14.9 Å². The van der Waals surface area contributed by atoms with Gasteiger partial charge < -0.3 is 9.64 Å². The molecule has 0 atom stereocenters. The van der Waals surface area contributed by atoms with Crippen LogP contribution in [0.15, 0.2) is 0 Å². The van der Waals surface area contributed by atoms with Crippen LogP contribution >= 0.6 is 11.6 Å². The third kappa shape index (κ3) is 5.21. The van der Waals surface area contributed by atoms with Gasteiger partial charge in [0.1, 0.15) is 12.4 Å². The molecule has 0 bridgehead atoms. The fourth-order valence-electron chi connectivity index (χ4n) is 0.779. The van der Waals surface area contributed by atoms with Crippen molar-refractivity contribution in [2.45, 2.75) is 6.92 Å². The Morgan fingerprint density at radius 1 is 1.40 bits per heavy atom. The molecular weight excluding hydrogens is 224 g/mol. The summed E-state index contributed by atoms with van der Waals surface area (Å²) in [6.45, 7) is 1.76. The van der Waals surface area contributed by atoms with Crippen LogP contribution in [0, 0.1) is 0 Å². The maximum absolute atomic E-state index is 11.3. The van der Waals surface area contributed by atoms with E-state index in [0.29, 0.717) is 0 Å². The first-order valence-electron chi connectivity index (χ1n) is 4.26. The van der Waals surface area contributed by atoms with Crippen molar-refractivity contribution in [1.29, 1.82) is 0 Å². The van der Waals surface area contributed by atoms with Gasteiger partial charge in [-0.1, -0.05) is 0 Å². The van der Waals surface area contributed by atoms with Gasteiger partial charge in [0.25, 0.3) is 0 Å². The van der Waals surface area contributed by atoms with E-state index in [4.69, 9.17) is 11.6 Å². The van der Waals surface area contributed by atoms with Crippen LogP contribution in [-0.2, 0) is 14.3 Å². The van der Waals surface area contributed by atoms with E-state index in [9.17, 15) is 14.4 Å². The Morgan fingerprint density at radius 2 is 2.00 bits per heavy atom. The Hall–Kier alpha value is -1.30. The molecule has 0 saturated carbocycles. The number of nitrogens with zero attached hydrogens (tertiary/aromatic N) is 1. The average Bonchev–Trinajstić information content (AvgIpc) is 2.24. The smallest absolute Gasteiger partial charge is 0.325 e. The lowest BCUT2D eigenvalue weighted by molar-refractivity contribution is -0.141. The molecule has 86 valence electrons. The number of nitrogens with one attached hydrogen (secondary N) is 1. The Labute approximate surface area is 92.5 Å². The van der Waals surface area contributed by atoms with Gasteiger partial charge >= 0.3 is 12.0 Å². The summed E-state index contributed by atoms with van der Waals surface area (Å²) in [6, 6.07) is -0.659. The van der Waals surface area contributed by atoms with E-state index in [1.54, 1.807) is 6.92 Å². The summed E-state index contributed by atoms with van der Waals surface area (Å²) < 4.78 is 4.39. The molecule has 0 aliphatic heterocycles. The van der Waals surface area contributed by atoms with Gasteiger partial charge in [0.2, 0.25) is 5.91 Å². The lowest BCUT2D eigenvalue weighted by atomic mass is 10.5. The normalized spacial score (nSPS) is 9.27. The molecule has 0 heterocycles. The fraction of sp³-hybridized carbons (Fsp3) is 0.625. The minimum absolute atomic E-state index is 0.200. The molecule has 15 heavy (non-hydrogen) atoms. The number of alkyl halides is 1. The van der Waals surface area contributed by atoms with Crippen LogP contribution in [0.5, 0.6) is 0 Å². The van der Waals surface area contributed by atoms with Crippen molar-refractivity contribution >= 4 is 29.5 Å². The van der Waals surface area contributed by atoms with E-state index in [-0.39, 0.29) is 19.0 Å². The van der Waals surface area contributed by atoms with Crippen LogP contribution in [0.3, 0.4) is 0 Å². The van der Waals surface area contributed by atoms with Gasteiger partial charge in [0.15, 0.2) is 0 Å². The van der Waals surface area contributed by atoms with Crippen molar-refractivity contribution in [2.75, 3.05) is 26.1 Å². The molecule has 0 aliphatic rings. The second kappa shape index (κ2) is 7.05. The van der Waals surface area contributed by atoms with Crippen molar-refractivity contribution in [3.05, 3.63) is 0 Å². The first-order valence-corrected chi connectivity index (χ1v) is 4.80. The van der Waals surface area contributed by atoms with Crippen molar-refractivity contribution in [3.8, 4) is 0 Å². The SMILES string of the molecule is CCN(CC(=O)OC)C(=O)NC(=O)CCl. The molecule has 0 aromatic heterocycles. The largest absolute Gasteiger partial charge is 0.468 e. The molecule has 3 amide bonds. The molecule has 0 aromatic rings. The van der Waals surface area contributed by atoms with Crippen LogP contribution in [0.4, 0.5) is 4.79 Å². The summed E-state index contributed by atoms with van der Waals surface area (Å²) in [5.41, 5.74) is 0. The zero-order valence-electron chi connectivity index (χ0n) is 8.58. The van der Waals surface area contributed by atoms with Gasteiger partial charge in [-0.2, -0.15) is 0 Å². The minimum atomic E-state index is -0.659. The van der Waals surface area contributed by atoms with Crippen LogP contribution < -0.4 is 5.32 Å². The molecule has 0 unspecified atom stereocenters. The standard InChI is InChI=1S/C8H13ClN2O4/c1-3-11(5-7(13)15-2)8(14)10-6(12)4-9/h3-5H2,1-2H3,(H,10,12,14). The van der Waals surface area contributed by atoms with Gasteiger partial charge in [-0.15, -0.1) is 11.6 Å². The number of esters is 1. The second-order valence-electron chi connectivity index (χ2n) is 2.58. The first kappa shape index (κ1) is 13.7. The van der Waals surface area contributed by atoms with E-state index in [0.717, 1.165) is 4.90 Å². The summed E-state index contributed by atoms with van der Waals surface area (Å²) >= 11 is 5.20. The topological polar surface area (TPSA) is 75.7 Å². The molecule has 0 spiro atoms. The van der Waals surface area contributed by atoms with Crippen molar-refractivity contribution in [3.63, 3.8) is 0 Å². The molecule has 0 aromatic carbocycles. The van der Waals surface area contributed by atoms with Crippen LogP contribution in [0.1, 0.15) is 6.92 Å². The van der Waals surface area contributed by atoms with E-state index in [2.05, 4.69) is 4.74 Å². The number of likely N-dealkylation sites (N-methyl/N-ethyl adjacent to an activating group) is 1. The molecule has 0 saturated heterocycles. The summed E-state index contributed by atoms with van der Waals surface area (Å²) in [5, 5.41) is 2.02. The van der Waals surface area contributed by atoms with Crippen molar-refractivity contribution in [1.82, 2.24) is 10.2 Å². The molecule has 0 rings (SSSR count). The number of carbonyl (C=O) groups is 3. The highest BCUT2D eigenvalue weighted by atomic mass is 35.5. The number of ether oxygens (including phenoxy) is 1. The van der Waals surface area contributed by atoms with Gasteiger partial charge in [-0.05, 0) is 6.92 Å². The number of carbonyl (C=O) groups excluding carboxylic acids is 3.